The smallest absolute Gasteiger partial charge is 0.164 e. The molecule has 41 heavy (non-hydrogen) atoms. The van der Waals surface area contributed by atoms with E-state index in [0.717, 1.165) is 38.6 Å². The summed E-state index contributed by atoms with van der Waals surface area (Å²) in [5, 5.41) is 4.52. The van der Waals surface area contributed by atoms with Gasteiger partial charge in [0.05, 0.1) is 0 Å². The Morgan fingerprint density at radius 3 is 1.90 bits per heavy atom. The van der Waals surface area contributed by atoms with Crippen LogP contribution in [0.2, 0.25) is 0 Å². The van der Waals surface area contributed by atoms with Crippen molar-refractivity contribution in [2.24, 2.45) is 0 Å². The van der Waals surface area contributed by atoms with Gasteiger partial charge in [0.25, 0.3) is 0 Å². The fraction of sp³-hybridized carbons (Fsp3) is 0. The number of benzene rings is 6. The first-order valence-electron chi connectivity index (χ1n) is 13.7. The van der Waals surface area contributed by atoms with Gasteiger partial charge < -0.3 is 4.42 Å². The molecule has 0 saturated heterocycles. The average Bonchev–Trinajstić information content (AvgIpc) is 3.58. The summed E-state index contributed by atoms with van der Waals surface area (Å²) in [5.74, 6) is 1.91. The maximum atomic E-state index is 6.19. The van der Waals surface area contributed by atoms with Gasteiger partial charge in [-0.3, -0.25) is 0 Å². The van der Waals surface area contributed by atoms with Crippen molar-refractivity contribution in [3.63, 3.8) is 0 Å². The Kier molecular flexibility index (Phi) is 4.58. The van der Waals surface area contributed by atoms with Crippen LogP contribution in [0.5, 0.6) is 0 Å². The van der Waals surface area contributed by atoms with Crippen LogP contribution in [0, 0.1) is 0 Å². The lowest BCUT2D eigenvalue weighted by Crippen LogP contribution is -2.00. The van der Waals surface area contributed by atoms with Crippen molar-refractivity contribution >= 4 is 32.7 Å². The maximum Gasteiger partial charge on any atom is 0.164 e. The largest absolute Gasteiger partial charge is 0.456 e. The second-order valence-corrected chi connectivity index (χ2v) is 10.4. The Morgan fingerprint density at radius 1 is 0.390 bits per heavy atom. The van der Waals surface area contributed by atoms with Crippen molar-refractivity contribution in [2.75, 3.05) is 0 Å². The van der Waals surface area contributed by atoms with E-state index in [2.05, 4.69) is 66.7 Å². The molecule has 9 rings (SSSR count). The highest BCUT2D eigenvalue weighted by Crippen LogP contribution is 2.48. The molecule has 2 heterocycles. The fourth-order valence-electron chi connectivity index (χ4n) is 6.25. The highest BCUT2D eigenvalue weighted by molar-refractivity contribution is 6.16. The van der Waals surface area contributed by atoms with Crippen LogP contribution in [0.3, 0.4) is 0 Å². The standard InChI is InChI=1S/C37H21N3O/c1-2-10-22(11-3-1)35-38-36(24-20-23-12-8-16-27-25-13-4-5-14-26(25)30(21-24)33(23)27)40-37(39-35)29-17-9-19-32-34(29)28-15-6-7-18-31(28)41-32/h1-21H. The molecule has 0 radical (unpaired) electrons. The molecule has 0 aliphatic heterocycles. The zero-order valence-corrected chi connectivity index (χ0v) is 21.9. The quantitative estimate of drug-likeness (QED) is 0.231. The molecular weight excluding hydrogens is 502 g/mol. The SMILES string of the molecule is c1ccc(-c2nc(-c3cc4c5c(cccc5c3)-c3ccccc3-4)nc(-c3cccc4oc5ccccc5c34)n2)cc1. The Bertz CT molecular complexity index is 2320. The highest BCUT2D eigenvalue weighted by atomic mass is 16.3. The van der Waals surface area contributed by atoms with E-state index in [1.54, 1.807) is 0 Å². The van der Waals surface area contributed by atoms with Gasteiger partial charge in [0, 0.05) is 27.5 Å². The van der Waals surface area contributed by atoms with Crippen LogP contribution in [0.15, 0.2) is 132 Å². The van der Waals surface area contributed by atoms with E-state index in [1.807, 2.05) is 60.7 Å². The summed E-state index contributed by atoms with van der Waals surface area (Å²) in [6.45, 7) is 0. The molecule has 0 bridgehead atoms. The van der Waals surface area contributed by atoms with E-state index in [9.17, 15) is 0 Å². The van der Waals surface area contributed by atoms with Gasteiger partial charge in [0.2, 0.25) is 0 Å². The third-order valence-electron chi connectivity index (χ3n) is 8.05. The van der Waals surface area contributed by atoms with Gasteiger partial charge in [-0.2, -0.15) is 0 Å². The van der Waals surface area contributed by atoms with Crippen LogP contribution in [0.25, 0.3) is 89.1 Å². The zero-order chi connectivity index (χ0) is 26.9. The molecule has 2 aromatic heterocycles. The number of hydrogen-bond donors (Lipinski definition) is 0. The van der Waals surface area contributed by atoms with Crippen LogP contribution in [-0.4, -0.2) is 15.0 Å². The minimum absolute atomic E-state index is 0.622. The number of hydrogen-bond acceptors (Lipinski definition) is 4. The molecule has 0 amide bonds. The number of furan rings is 1. The van der Waals surface area contributed by atoms with Crippen molar-refractivity contribution in [1.29, 1.82) is 0 Å². The Hall–Kier alpha value is -5.61. The second kappa shape index (κ2) is 8.44. The lowest BCUT2D eigenvalue weighted by molar-refractivity contribution is 0.669. The molecule has 6 aromatic carbocycles. The molecule has 0 spiro atoms. The van der Waals surface area contributed by atoms with Crippen LogP contribution in [-0.2, 0) is 0 Å². The maximum absolute atomic E-state index is 6.19. The van der Waals surface area contributed by atoms with Gasteiger partial charge >= 0.3 is 0 Å². The number of para-hydroxylation sites is 1. The molecule has 1 aliphatic rings. The summed E-state index contributed by atoms with van der Waals surface area (Å²) in [6.07, 6.45) is 0. The Labute approximate surface area is 235 Å². The van der Waals surface area contributed by atoms with Crippen LogP contribution in [0.4, 0.5) is 0 Å². The number of fused-ring (bicyclic) bond motifs is 6. The number of nitrogens with zero attached hydrogens (tertiary/aromatic N) is 3. The Balaban J connectivity index is 1.33. The minimum atomic E-state index is 0.622. The summed E-state index contributed by atoms with van der Waals surface area (Å²) in [7, 11) is 0. The third-order valence-corrected chi connectivity index (χ3v) is 8.05. The summed E-state index contributed by atoms with van der Waals surface area (Å²) in [4.78, 5) is 15.2. The van der Waals surface area contributed by atoms with E-state index in [0.29, 0.717) is 17.5 Å². The van der Waals surface area contributed by atoms with Crippen LogP contribution >= 0.6 is 0 Å². The Morgan fingerprint density at radius 2 is 1.02 bits per heavy atom. The summed E-state index contributed by atoms with van der Waals surface area (Å²) >= 11 is 0. The molecule has 190 valence electrons. The van der Waals surface area contributed by atoms with Crippen molar-refractivity contribution < 1.29 is 4.42 Å². The van der Waals surface area contributed by atoms with Crippen molar-refractivity contribution in [1.82, 2.24) is 15.0 Å². The molecule has 0 atom stereocenters. The molecule has 8 aromatic rings. The first-order chi connectivity index (χ1) is 20.3. The molecule has 0 fully saturated rings. The minimum Gasteiger partial charge on any atom is -0.456 e. The third kappa shape index (κ3) is 3.31. The van der Waals surface area contributed by atoms with Gasteiger partial charge in [-0.15, -0.1) is 0 Å². The lowest BCUT2D eigenvalue weighted by Gasteiger charge is -2.11. The molecule has 0 saturated carbocycles. The molecule has 0 N–H and O–H groups in total. The summed E-state index contributed by atoms with van der Waals surface area (Å²) in [6, 6.07) is 43.9. The molecule has 0 unspecified atom stereocenters. The highest BCUT2D eigenvalue weighted by Gasteiger charge is 2.23. The van der Waals surface area contributed by atoms with Crippen LogP contribution in [0.1, 0.15) is 0 Å². The predicted molar refractivity (Wildman–Crippen MR) is 165 cm³/mol. The molecular formula is C37H21N3O. The first kappa shape index (κ1) is 22.2. The van der Waals surface area contributed by atoms with Gasteiger partial charge in [-0.05, 0) is 57.3 Å². The average molecular weight is 524 g/mol. The molecule has 4 heteroatoms. The van der Waals surface area contributed by atoms with E-state index in [1.165, 1.54) is 33.0 Å². The van der Waals surface area contributed by atoms with Gasteiger partial charge in [0.1, 0.15) is 11.2 Å². The first-order valence-corrected chi connectivity index (χ1v) is 13.7. The van der Waals surface area contributed by atoms with Gasteiger partial charge in [-0.1, -0.05) is 103 Å². The molecule has 4 nitrogen and oxygen atoms in total. The summed E-state index contributed by atoms with van der Waals surface area (Å²) < 4.78 is 6.19. The number of aromatic nitrogens is 3. The van der Waals surface area contributed by atoms with E-state index in [4.69, 9.17) is 19.4 Å². The second-order valence-electron chi connectivity index (χ2n) is 10.4. The lowest BCUT2D eigenvalue weighted by atomic mass is 9.99. The zero-order valence-electron chi connectivity index (χ0n) is 21.9. The monoisotopic (exact) mass is 523 g/mol. The van der Waals surface area contributed by atoms with Crippen LogP contribution < -0.4 is 0 Å². The van der Waals surface area contributed by atoms with Crippen molar-refractivity contribution in [2.45, 2.75) is 0 Å². The van der Waals surface area contributed by atoms with E-state index in [-0.39, 0.29) is 0 Å². The van der Waals surface area contributed by atoms with E-state index >= 15 is 0 Å². The number of rotatable bonds is 3. The predicted octanol–water partition coefficient (Wildman–Crippen LogP) is 9.57. The van der Waals surface area contributed by atoms with Crippen molar-refractivity contribution in [3.8, 4) is 56.4 Å². The normalized spacial score (nSPS) is 11.9. The molecule has 1 aliphatic carbocycles. The fourth-order valence-corrected chi connectivity index (χ4v) is 6.25. The van der Waals surface area contributed by atoms with Gasteiger partial charge in [0.15, 0.2) is 17.5 Å². The van der Waals surface area contributed by atoms with Gasteiger partial charge in [-0.25, -0.2) is 15.0 Å². The van der Waals surface area contributed by atoms with E-state index < -0.39 is 0 Å². The van der Waals surface area contributed by atoms with Crippen molar-refractivity contribution in [3.05, 3.63) is 127 Å². The topological polar surface area (TPSA) is 51.8 Å². The summed E-state index contributed by atoms with van der Waals surface area (Å²) in [5.41, 5.74) is 9.50.